The Morgan fingerprint density at radius 2 is 1.57 bits per heavy atom. The molecule has 0 aromatic heterocycles. The van der Waals surface area contributed by atoms with Crippen molar-refractivity contribution in [1.82, 2.24) is 4.90 Å². The minimum atomic E-state index is 0.213. The predicted octanol–water partition coefficient (Wildman–Crippen LogP) is 5.48. The van der Waals surface area contributed by atoms with Gasteiger partial charge in [-0.1, -0.05) is 60.7 Å². The molecule has 0 unspecified atom stereocenters. The first-order valence-corrected chi connectivity index (χ1v) is 9.94. The number of phenols is 1. The molecular weight excluding hydrogens is 346 g/mol. The molecule has 1 heterocycles. The minimum Gasteiger partial charge on any atom is -0.508 e. The molecule has 3 aromatic rings. The summed E-state index contributed by atoms with van der Waals surface area (Å²) in [6.07, 6.45) is 0.905. The molecule has 1 aliphatic rings. The van der Waals surface area contributed by atoms with Gasteiger partial charge in [-0.25, -0.2) is 0 Å². The van der Waals surface area contributed by atoms with E-state index >= 15 is 0 Å². The topological polar surface area (TPSA) is 32.7 Å². The van der Waals surface area contributed by atoms with E-state index in [2.05, 4.69) is 61.2 Å². The molecule has 28 heavy (non-hydrogen) atoms. The van der Waals surface area contributed by atoms with Crippen LogP contribution in [0.5, 0.6) is 11.5 Å². The van der Waals surface area contributed by atoms with Crippen LogP contribution in [0.1, 0.15) is 42.1 Å². The molecule has 0 saturated heterocycles. The molecule has 0 aliphatic carbocycles. The van der Waals surface area contributed by atoms with Gasteiger partial charge in [0.15, 0.2) is 0 Å². The van der Waals surface area contributed by atoms with E-state index in [9.17, 15) is 5.11 Å². The number of aromatic hydroxyl groups is 1. The summed E-state index contributed by atoms with van der Waals surface area (Å²) in [5.41, 5.74) is 4.82. The van der Waals surface area contributed by atoms with Gasteiger partial charge in [-0.2, -0.15) is 0 Å². The highest BCUT2D eigenvalue weighted by Crippen LogP contribution is 2.41. The zero-order chi connectivity index (χ0) is 19.5. The van der Waals surface area contributed by atoms with Gasteiger partial charge in [0, 0.05) is 30.3 Å². The molecule has 1 N–H and O–H groups in total. The number of hydrogen-bond donors (Lipinski definition) is 1. The van der Waals surface area contributed by atoms with Crippen LogP contribution in [0.25, 0.3) is 0 Å². The van der Waals surface area contributed by atoms with Crippen molar-refractivity contribution in [2.45, 2.75) is 45.5 Å². The highest BCUT2D eigenvalue weighted by atomic mass is 16.5. The molecular formula is C25H27NO2. The average Bonchev–Trinajstić information content (AvgIpc) is 2.70. The molecule has 0 fully saturated rings. The fourth-order valence-electron chi connectivity index (χ4n) is 4.24. The lowest BCUT2D eigenvalue weighted by atomic mass is 9.88. The third-order valence-corrected chi connectivity index (χ3v) is 5.65. The van der Waals surface area contributed by atoms with Crippen molar-refractivity contribution in [1.29, 1.82) is 0 Å². The lowest BCUT2D eigenvalue weighted by Crippen LogP contribution is -2.40. The summed E-state index contributed by atoms with van der Waals surface area (Å²) in [6.45, 7) is 5.90. The smallest absolute Gasteiger partial charge is 0.128 e. The average molecular weight is 373 g/mol. The minimum absolute atomic E-state index is 0.213. The number of ether oxygens (including phenoxy) is 1. The quantitative estimate of drug-likeness (QED) is 0.643. The van der Waals surface area contributed by atoms with Crippen molar-refractivity contribution in [2.24, 2.45) is 0 Å². The van der Waals surface area contributed by atoms with Gasteiger partial charge in [-0.05, 0) is 43.0 Å². The summed E-state index contributed by atoms with van der Waals surface area (Å²) < 4.78 is 6.19. The van der Waals surface area contributed by atoms with Crippen LogP contribution >= 0.6 is 0 Å². The molecule has 0 bridgehead atoms. The van der Waals surface area contributed by atoms with Crippen LogP contribution < -0.4 is 4.74 Å². The Kier molecular flexibility index (Phi) is 5.36. The Morgan fingerprint density at radius 1 is 0.929 bits per heavy atom. The van der Waals surface area contributed by atoms with Crippen LogP contribution in [0.4, 0.5) is 0 Å². The maximum absolute atomic E-state index is 10.2. The number of benzene rings is 3. The molecule has 0 amide bonds. The second-order valence-electron chi connectivity index (χ2n) is 7.68. The Hall–Kier alpha value is -2.78. The molecule has 2 atom stereocenters. The summed E-state index contributed by atoms with van der Waals surface area (Å²) in [6, 6.07) is 25.0. The Morgan fingerprint density at radius 3 is 2.25 bits per heavy atom. The van der Waals surface area contributed by atoms with E-state index in [0.717, 1.165) is 24.3 Å². The molecule has 0 saturated carbocycles. The molecule has 1 aliphatic heterocycles. The molecule has 4 rings (SSSR count). The van der Waals surface area contributed by atoms with Crippen molar-refractivity contribution in [2.75, 3.05) is 0 Å². The number of fused-ring (bicyclic) bond motifs is 1. The van der Waals surface area contributed by atoms with Crippen LogP contribution in [0.3, 0.4) is 0 Å². The van der Waals surface area contributed by atoms with Crippen LogP contribution in [0, 0.1) is 0 Å². The first-order valence-electron chi connectivity index (χ1n) is 9.94. The summed E-state index contributed by atoms with van der Waals surface area (Å²) in [5.74, 6) is 1.06. The SMILES string of the molecule is C[C@@H]1Cc2cc(O)cc(OCc3ccccc3)c2[C@@H](C)N1Cc1ccccc1. The van der Waals surface area contributed by atoms with Crippen molar-refractivity contribution < 1.29 is 9.84 Å². The number of hydrogen-bond acceptors (Lipinski definition) is 3. The lowest BCUT2D eigenvalue weighted by molar-refractivity contribution is 0.125. The molecule has 0 radical (unpaired) electrons. The maximum Gasteiger partial charge on any atom is 0.128 e. The number of nitrogens with zero attached hydrogens (tertiary/aromatic N) is 1. The lowest BCUT2D eigenvalue weighted by Gasteiger charge is -2.41. The van der Waals surface area contributed by atoms with Gasteiger partial charge in [0.2, 0.25) is 0 Å². The largest absolute Gasteiger partial charge is 0.508 e. The first-order chi connectivity index (χ1) is 13.6. The Balaban J connectivity index is 1.62. The fourth-order valence-corrected chi connectivity index (χ4v) is 4.24. The summed E-state index contributed by atoms with van der Waals surface area (Å²) in [7, 11) is 0. The van der Waals surface area contributed by atoms with E-state index < -0.39 is 0 Å². The number of phenolic OH excluding ortho intramolecular Hbond substituents is 1. The molecule has 144 valence electrons. The standard InChI is InChI=1S/C25H27NO2/c1-18-13-22-14-23(27)15-24(28-17-21-11-7-4-8-12-21)25(22)19(2)26(18)16-20-9-5-3-6-10-20/h3-12,14-15,18-19,27H,13,16-17H2,1-2H3/t18-,19-/m1/s1. The Bertz CT molecular complexity index is 924. The van der Waals surface area contributed by atoms with Crippen molar-refractivity contribution >= 4 is 0 Å². The van der Waals surface area contributed by atoms with E-state index in [4.69, 9.17) is 4.74 Å². The summed E-state index contributed by atoms with van der Waals surface area (Å²) in [4.78, 5) is 2.52. The van der Waals surface area contributed by atoms with Crippen molar-refractivity contribution in [3.63, 3.8) is 0 Å². The second-order valence-corrected chi connectivity index (χ2v) is 7.68. The van der Waals surface area contributed by atoms with E-state index in [1.54, 1.807) is 6.07 Å². The van der Waals surface area contributed by atoms with Gasteiger partial charge in [-0.15, -0.1) is 0 Å². The van der Waals surface area contributed by atoms with Gasteiger partial charge in [0.1, 0.15) is 18.1 Å². The van der Waals surface area contributed by atoms with Crippen LogP contribution in [-0.2, 0) is 19.6 Å². The molecule has 3 heteroatoms. The molecule has 3 nitrogen and oxygen atoms in total. The third-order valence-electron chi connectivity index (χ3n) is 5.65. The van der Waals surface area contributed by atoms with E-state index in [1.807, 2.05) is 24.3 Å². The zero-order valence-corrected chi connectivity index (χ0v) is 16.5. The zero-order valence-electron chi connectivity index (χ0n) is 16.5. The fraction of sp³-hybridized carbons (Fsp3) is 0.280. The summed E-state index contributed by atoms with van der Waals surface area (Å²) >= 11 is 0. The van der Waals surface area contributed by atoms with E-state index in [-0.39, 0.29) is 11.8 Å². The predicted molar refractivity (Wildman–Crippen MR) is 112 cm³/mol. The van der Waals surface area contributed by atoms with Gasteiger partial charge in [0.25, 0.3) is 0 Å². The van der Waals surface area contributed by atoms with Crippen LogP contribution in [0.15, 0.2) is 72.8 Å². The van der Waals surface area contributed by atoms with Gasteiger partial charge in [-0.3, -0.25) is 4.90 Å². The van der Waals surface area contributed by atoms with Gasteiger partial charge in [0.05, 0.1) is 0 Å². The van der Waals surface area contributed by atoms with Crippen molar-refractivity contribution in [3.8, 4) is 11.5 Å². The van der Waals surface area contributed by atoms with Crippen LogP contribution in [-0.4, -0.2) is 16.0 Å². The van der Waals surface area contributed by atoms with Gasteiger partial charge < -0.3 is 9.84 Å². The first kappa shape index (κ1) is 18.6. The number of rotatable bonds is 5. The highest BCUT2D eigenvalue weighted by Gasteiger charge is 2.32. The van der Waals surface area contributed by atoms with Crippen molar-refractivity contribution in [3.05, 3.63) is 95.1 Å². The molecule has 3 aromatic carbocycles. The monoisotopic (exact) mass is 373 g/mol. The Labute approximate surface area is 167 Å². The maximum atomic E-state index is 10.2. The van der Waals surface area contributed by atoms with Gasteiger partial charge >= 0.3 is 0 Å². The highest BCUT2D eigenvalue weighted by molar-refractivity contribution is 5.49. The summed E-state index contributed by atoms with van der Waals surface area (Å²) in [5, 5.41) is 10.2. The second kappa shape index (κ2) is 8.07. The third kappa shape index (κ3) is 3.90. The normalized spacial score (nSPS) is 19.2. The molecule has 0 spiro atoms. The van der Waals surface area contributed by atoms with E-state index in [1.165, 1.54) is 16.7 Å². The van der Waals surface area contributed by atoms with E-state index in [0.29, 0.717) is 12.6 Å². The van der Waals surface area contributed by atoms with Crippen LogP contribution in [0.2, 0.25) is 0 Å².